The molecule has 4 rings (SSSR count). The van der Waals surface area contributed by atoms with E-state index in [1.54, 1.807) is 13.1 Å². The molecule has 0 saturated carbocycles. The van der Waals surface area contributed by atoms with Crippen molar-refractivity contribution in [3.8, 4) is 0 Å². The molecule has 1 aromatic carbocycles. The molecule has 11 heteroatoms. The quantitative estimate of drug-likeness (QED) is 0.603. The molecule has 0 bridgehead atoms. The number of halogens is 1. The van der Waals surface area contributed by atoms with Gasteiger partial charge in [-0.2, -0.15) is 4.31 Å². The van der Waals surface area contributed by atoms with E-state index in [0.717, 1.165) is 4.88 Å². The van der Waals surface area contributed by atoms with Gasteiger partial charge in [0.05, 0.1) is 34.6 Å². The van der Waals surface area contributed by atoms with Gasteiger partial charge in [-0.05, 0) is 30.3 Å². The number of rotatable bonds is 5. The molecule has 3 heterocycles. The van der Waals surface area contributed by atoms with Crippen molar-refractivity contribution in [2.24, 2.45) is 0 Å². The Hall–Kier alpha value is -2.24. The molecule has 1 amide bonds. The number of thiophene rings is 1. The average Bonchev–Trinajstić information content (AvgIpc) is 3.17. The standard InChI is InChI=1S/C20H20ClN3O5S2/c1-23(12-13-2-5-18(21)30-13)20(26)16-11-19(25)22-17-4-3-14(10-15(16)17)31(27,28)24-6-8-29-9-7-24/h2-5,10-11H,6-9,12H2,1H3,(H,22,25). The molecule has 0 radical (unpaired) electrons. The van der Waals surface area contributed by atoms with Gasteiger partial charge in [0, 0.05) is 42.0 Å². The number of ether oxygens (including phenoxy) is 1. The highest BCUT2D eigenvalue weighted by molar-refractivity contribution is 7.89. The molecule has 0 atom stereocenters. The van der Waals surface area contributed by atoms with E-state index < -0.39 is 15.6 Å². The summed E-state index contributed by atoms with van der Waals surface area (Å²) in [6.07, 6.45) is 0. The number of fused-ring (bicyclic) bond motifs is 1. The fraction of sp³-hybridized carbons (Fsp3) is 0.300. The number of carbonyl (C=O) groups is 1. The van der Waals surface area contributed by atoms with Gasteiger partial charge in [-0.15, -0.1) is 11.3 Å². The second-order valence-corrected chi connectivity index (χ2v) is 10.9. The van der Waals surface area contributed by atoms with E-state index in [1.165, 1.54) is 44.8 Å². The van der Waals surface area contributed by atoms with Crippen LogP contribution in [0.25, 0.3) is 10.9 Å². The Morgan fingerprint density at radius 2 is 1.97 bits per heavy atom. The van der Waals surface area contributed by atoms with Crippen molar-refractivity contribution in [3.63, 3.8) is 0 Å². The van der Waals surface area contributed by atoms with Crippen LogP contribution in [0.3, 0.4) is 0 Å². The summed E-state index contributed by atoms with van der Waals surface area (Å²) in [5.41, 5.74) is 0.0967. The Kier molecular flexibility index (Phi) is 6.18. The molecule has 31 heavy (non-hydrogen) atoms. The molecule has 1 N–H and O–H groups in total. The van der Waals surface area contributed by atoms with E-state index >= 15 is 0 Å². The molecule has 1 saturated heterocycles. The molecule has 0 aliphatic carbocycles. The summed E-state index contributed by atoms with van der Waals surface area (Å²) in [5, 5.41) is 0.370. The number of sulfonamides is 1. The first kappa shape index (κ1) is 22.0. The molecule has 164 valence electrons. The van der Waals surface area contributed by atoms with E-state index in [9.17, 15) is 18.0 Å². The molecule has 1 fully saturated rings. The largest absolute Gasteiger partial charge is 0.379 e. The predicted molar refractivity (Wildman–Crippen MR) is 119 cm³/mol. The van der Waals surface area contributed by atoms with E-state index in [1.807, 2.05) is 6.07 Å². The minimum absolute atomic E-state index is 0.0655. The first-order valence-electron chi connectivity index (χ1n) is 9.50. The third-order valence-corrected chi connectivity index (χ3v) is 8.13. The van der Waals surface area contributed by atoms with Gasteiger partial charge >= 0.3 is 0 Å². The molecular weight excluding hydrogens is 462 g/mol. The van der Waals surface area contributed by atoms with Crippen molar-refractivity contribution in [1.29, 1.82) is 0 Å². The van der Waals surface area contributed by atoms with E-state index in [-0.39, 0.29) is 29.5 Å². The van der Waals surface area contributed by atoms with Crippen LogP contribution in [0.15, 0.2) is 46.1 Å². The van der Waals surface area contributed by atoms with Crippen molar-refractivity contribution in [3.05, 3.63) is 61.5 Å². The molecule has 3 aromatic rings. The smallest absolute Gasteiger partial charge is 0.254 e. The Morgan fingerprint density at radius 3 is 2.65 bits per heavy atom. The van der Waals surface area contributed by atoms with Gasteiger partial charge in [-0.25, -0.2) is 8.42 Å². The zero-order chi connectivity index (χ0) is 22.2. The highest BCUT2D eigenvalue weighted by Crippen LogP contribution is 2.26. The minimum atomic E-state index is -3.75. The van der Waals surface area contributed by atoms with Crippen LogP contribution < -0.4 is 5.56 Å². The second kappa shape index (κ2) is 8.71. The van der Waals surface area contributed by atoms with Gasteiger partial charge in [0.25, 0.3) is 5.91 Å². The van der Waals surface area contributed by atoms with Crippen LogP contribution in [0.4, 0.5) is 0 Å². The zero-order valence-corrected chi connectivity index (χ0v) is 19.0. The van der Waals surface area contributed by atoms with Crippen molar-refractivity contribution in [1.82, 2.24) is 14.2 Å². The first-order valence-corrected chi connectivity index (χ1v) is 12.1. The maximum Gasteiger partial charge on any atom is 0.254 e. The lowest BCUT2D eigenvalue weighted by molar-refractivity contribution is 0.0730. The van der Waals surface area contributed by atoms with Crippen molar-refractivity contribution in [2.75, 3.05) is 33.4 Å². The summed E-state index contributed by atoms with van der Waals surface area (Å²) in [4.78, 5) is 30.4. The van der Waals surface area contributed by atoms with Crippen molar-refractivity contribution >= 4 is 49.8 Å². The van der Waals surface area contributed by atoms with E-state index in [0.29, 0.717) is 35.0 Å². The molecular formula is C20H20ClN3O5S2. The molecule has 0 unspecified atom stereocenters. The summed E-state index contributed by atoms with van der Waals surface area (Å²) in [5.74, 6) is -0.387. The van der Waals surface area contributed by atoms with Gasteiger partial charge < -0.3 is 14.6 Å². The van der Waals surface area contributed by atoms with Crippen molar-refractivity contribution < 1.29 is 17.9 Å². The number of carbonyl (C=O) groups excluding carboxylic acids is 1. The van der Waals surface area contributed by atoms with Gasteiger partial charge in [-0.1, -0.05) is 11.6 Å². The molecule has 1 aliphatic heterocycles. The monoisotopic (exact) mass is 481 g/mol. The highest BCUT2D eigenvalue weighted by Gasteiger charge is 2.27. The number of nitrogens with one attached hydrogen (secondary N) is 1. The maximum absolute atomic E-state index is 13.2. The summed E-state index contributed by atoms with van der Waals surface area (Å²) in [6, 6.07) is 9.19. The number of H-pyrrole nitrogens is 1. The third kappa shape index (κ3) is 4.53. The van der Waals surface area contributed by atoms with Crippen LogP contribution in [0.2, 0.25) is 4.34 Å². The number of aromatic amines is 1. The topological polar surface area (TPSA) is 99.8 Å². The number of aromatic nitrogens is 1. The van der Waals surface area contributed by atoms with E-state index in [2.05, 4.69) is 4.98 Å². The van der Waals surface area contributed by atoms with E-state index in [4.69, 9.17) is 16.3 Å². The Labute approximate surface area is 188 Å². The lowest BCUT2D eigenvalue weighted by Gasteiger charge is -2.26. The van der Waals surface area contributed by atoms with Gasteiger partial charge in [-0.3, -0.25) is 9.59 Å². The summed E-state index contributed by atoms with van der Waals surface area (Å²) in [6.45, 7) is 1.52. The number of morpholine rings is 1. The molecule has 0 spiro atoms. The Balaban J connectivity index is 1.73. The number of amides is 1. The van der Waals surface area contributed by atoms with Crippen LogP contribution >= 0.6 is 22.9 Å². The molecule has 1 aliphatic rings. The molecule has 8 nitrogen and oxygen atoms in total. The van der Waals surface area contributed by atoms with Crippen LogP contribution in [0, 0.1) is 0 Å². The van der Waals surface area contributed by atoms with Crippen molar-refractivity contribution in [2.45, 2.75) is 11.4 Å². The Bertz CT molecular complexity index is 1300. The summed E-state index contributed by atoms with van der Waals surface area (Å²) < 4.78 is 33.3. The average molecular weight is 482 g/mol. The van der Waals surface area contributed by atoms with Gasteiger partial charge in [0.1, 0.15) is 0 Å². The maximum atomic E-state index is 13.2. The SMILES string of the molecule is CN(Cc1ccc(Cl)s1)C(=O)c1cc(=O)[nH]c2ccc(S(=O)(=O)N3CCOCC3)cc12. The lowest BCUT2D eigenvalue weighted by atomic mass is 10.1. The lowest BCUT2D eigenvalue weighted by Crippen LogP contribution is -2.40. The van der Waals surface area contributed by atoms with Crippen LogP contribution in [0.5, 0.6) is 0 Å². The fourth-order valence-corrected chi connectivity index (χ4v) is 6.03. The number of pyridine rings is 1. The predicted octanol–water partition coefficient (Wildman–Crippen LogP) is 2.54. The number of hydrogen-bond acceptors (Lipinski definition) is 6. The zero-order valence-electron chi connectivity index (χ0n) is 16.6. The number of hydrogen-bond donors (Lipinski definition) is 1. The number of nitrogens with zero attached hydrogens (tertiary/aromatic N) is 2. The molecule has 2 aromatic heterocycles. The van der Waals surface area contributed by atoms with Crippen LogP contribution in [-0.4, -0.2) is 61.9 Å². The number of benzene rings is 1. The third-order valence-electron chi connectivity index (χ3n) is 5.02. The normalized spacial score (nSPS) is 15.3. The van der Waals surface area contributed by atoms with Crippen LogP contribution in [-0.2, 0) is 21.3 Å². The minimum Gasteiger partial charge on any atom is -0.379 e. The van der Waals surface area contributed by atoms with Gasteiger partial charge in [0.2, 0.25) is 15.6 Å². The van der Waals surface area contributed by atoms with Crippen LogP contribution in [0.1, 0.15) is 15.2 Å². The van der Waals surface area contributed by atoms with Gasteiger partial charge in [0.15, 0.2) is 0 Å². The second-order valence-electron chi connectivity index (χ2n) is 7.14. The summed E-state index contributed by atoms with van der Waals surface area (Å²) >= 11 is 7.33. The highest BCUT2D eigenvalue weighted by atomic mass is 35.5. The Morgan fingerprint density at radius 1 is 1.23 bits per heavy atom. The summed E-state index contributed by atoms with van der Waals surface area (Å²) in [7, 11) is -2.13. The first-order chi connectivity index (χ1) is 14.8. The fourth-order valence-electron chi connectivity index (χ4n) is 3.45.